The summed E-state index contributed by atoms with van der Waals surface area (Å²) in [5.41, 5.74) is 0.184. The molecule has 0 aliphatic heterocycles. The van der Waals surface area contributed by atoms with Gasteiger partial charge in [-0.05, 0) is 39.0 Å². The topological polar surface area (TPSA) is 117 Å². The molecule has 22 heavy (non-hydrogen) atoms. The number of hydrogen-bond donors (Lipinski definition) is 2. The third-order valence-corrected chi connectivity index (χ3v) is 2.75. The molecule has 1 amide bonds. The number of ether oxygens (including phenoxy) is 2. The van der Waals surface area contributed by atoms with Crippen LogP contribution in [0.5, 0.6) is 5.75 Å². The molecule has 0 aliphatic rings. The molecule has 9 heteroatoms. The number of carbonyl (C=O) groups excluding carboxylic acids is 1. The Morgan fingerprint density at radius 2 is 1.95 bits per heavy atom. The fraction of sp³-hybridized carbons (Fsp3) is 0.462. The zero-order chi connectivity index (χ0) is 17.0. The number of hydrogen-bond acceptors (Lipinski definition) is 6. The molecule has 0 unspecified atom stereocenters. The first kappa shape index (κ1) is 18.2. The van der Waals surface area contributed by atoms with E-state index in [4.69, 9.17) is 14.6 Å². The van der Waals surface area contributed by atoms with Gasteiger partial charge >= 0.3 is 16.4 Å². The molecule has 1 aromatic rings. The van der Waals surface area contributed by atoms with Gasteiger partial charge in [-0.1, -0.05) is 0 Å². The number of benzene rings is 1. The van der Waals surface area contributed by atoms with Crippen molar-refractivity contribution in [2.45, 2.75) is 33.0 Å². The molecule has 0 heterocycles. The predicted octanol–water partition coefficient (Wildman–Crippen LogP) is 1.76. The highest BCUT2D eigenvalue weighted by atomic mass is 32.2. The van der Waals surface area contributed by atoms with Crippen LogP contribution in [0.3, 0.4) is 0 Å². The lowest BCUT2D eigenvalue weighted by Gasteiger charge is -2.20. The SMILES string of the molecule is COc1ccc(NC(=O)OC(C)(C)C)cc1COS(N)(=O)=O. The summed E-state index contributed by atoms with van der Waals surface area (Å²) in [5.74, 6) is 0.401. The molecule has 0 fully saturated rings. The molecule has 0 saturated heterocycles. The Morgan fingerprint density at radius 1 is 1.32 bits per heavy atom. The van der Waals surface area contributed by atoms with Gasteiger partial charge in [-0.2, -0.15) is 8.42 Å². The van der Waals surface area contributed by atoms with Crippen LogP contribution in [0.2, 0.25) is 0 Å². The monoisotopic (exact) mass is 332 g/mol. The van der Waals surface area contributed by atoms with Crippen molar-refractivity contribution < 1.29 is 26.9 Å². The zero-order valence-electron chi connectivity index (χ0n) is 12.9. The number of methoxy groups -OCH3 is 1. The predicted molar refractivity (Wildman–Crippen MR) is 80.7 cm³/mol. The maximum Gasteiger partial charge on any atom is 0.412 e. The smallest absolute Gasteiger partial charge is 0.412 e. The fourth-order valence-corrected chi connectivity index (χ4v) is 1.83. The van der Waals surface area contributed by atoms with Gasteiger partial charge in [0.05, 0.1) is 13.7 Å². The first-order chi connectivity index (χ1) is 10.00. The molecule has 124 valence electrons. The number of anilines is 1. The van der Waals surface area contributed by atoms with E-state index in [2.05, 4.69) is 9.50 Å². The number of nitrogens with two attached hydrogens (primary N) is 1. The van der Waals surface area contributed by atoms with Crippen molar-refractivity contribution in [3.05, 3.63) is 23.8 Å². The van der Waals surface area contributed by atoms with Crippen LogP contribution < -0.4 is 15.2 Å². The molecule has 0 radical (unpaired) electrons. The Kier molecular flexibility index (Phi) is 5.75. The largest absolute Gasteiger partial charge is 0.496 e. The van der Waals surface area contributed by atoms with E-state index < -0.39 is 22.0 Å². The highest BCUT2D eigenvalue weighted by molar-refractivity contribution is 7.84. The highest BCUT2D eigenvalue weighted by Gasteiger charge is 2.17. The van der Waals surface area contributed by atoms with E-state index in [0.29, 0.717) is 17.0 Å². The minimum Gasteiger partial charge on any atom is -0.496 e. The van der Waals surface area contributed by atoms with Gasteiger partial charge in [0.25, 0.3) is 0 Å². The van der Waals surface area contributed by atoms with E-state index in [-0.39, 0.29) is 6.61 Å². The fourth-order valence-electron chi connectivity index (χ4n) is 1.54. The molecular weight excluding hydrogens is 312 g/mol. The molecule has 0 bridgehead atoms. The minimum absolute atomic E-state index is 0.314. The van der Waals surface area contributed by atoms with E-state index in [1.165, 1.54) is 13.2 Å². The first-order valence-corrected chi connectivity index (χ1v) is 7.81. The Balaban J connectivity index is 2.87. The maximum absolute atomic E-state index is 11.7. The molecule has 1 rings (SSSR count). The Morgan fingerprint density at radius 3 is 2.45 bits per heavy atom. The van der Waals surface area contributed by atoms with Crippen LogP contribution in [0.25, 0.3) is 0 Å². The summed E-state index contributed by atoms with van der Waals surface area (Å²) in [7, 11) is -2.65. The van der Waals surface area contributed by atoms with Crippen molar-refractivity contribution in [2.75, 3.05) is 12.4 Å². The summed E-state index contributed by atoms with van der Waals surface area (Å²) >= 11 is 0. The molecule has 0 saturated carbocycles. The summed E-state index contributed by atoms with van der Waals surface area (Å²) < 4.78 is 36.4. The van der Waals surface area contributed by atoms with E-state index in [0.717, 1.165) is 0 Å². The van der Waals surface area contributed by atoms with Crippen LogP contribution in [-0.4, -0.2) is 27.2 Å². The van der Waals surface area contributed by atoms with Crippen LogP contribution in [0.1, 0.15) is 26.3 Å². The summed E-state index contributed by atoms with van der Waals surface area (Å²) in [4.78, 5) is 11.7. The van der Waals surface area contributed by atoms with Crippen molar-refractivity contribution in [1.82, 2.24) is 0 Å². The van der Waals surface area contributed by atoms with Gasteiger partial charge < -0.3 is 9.47 Å². The normalized spacial score (nSPS) is 11.9. The molecule has 8 nitrogen and oxygen atoms in total. The quantitative estimate of drug-likeness (QED) is 0.848. The second-order valence-electron chi connectivity index (χ2n) is 5.41. The van der Waals surface area contributed by atoms with Crippen molar-refractivity contribution in [3.63, 3.8) is 0 Å². The van der Waals surface area contributed by atoms with Crippen LogP contribution in [-0.2, 0) is 25.8 Å². The number of amides is 1. The molecule has 1 aromatic carbocycles. The van der Waals surface area contributed by atoms with Crippen molar-refractivity contribution >= 4 is 22.1 Å². The van der Waals surface area contributed by atoms with Gasteiger partial charge in [0.1, 0.15) is 11.4 Å². The summed E-state index contributed by atoms with van der Waals surface area (Å²) in [6.45, 7) is 4.91. The highest BCUT2D eigenvalue weighted by Crippen LogP contribution is 2.24. The van der Waals surface area contributed by atoms with Crippen molar-refractivity contribution in [2.24, 2.45) is 5.14 Å². The van der Waals surface area contributed by atoms with Crippen LogP contribution in [0.4, 0.5) is 10.5 Å². The van der Waals surface area contributed by atoms with E-state index in [1.54, 1.807) is 32.9 Å². The third-order valence-electron chi connectivity index (χ3n) is 2.30. The minimum atomic E-state index is -4.07. The van der Waals surface area contributed by atoms with Gasteiger partial charge in [0.15, 0.2) is 0 Å². The second kappa shape index (κ2) is 6.95. The third kappa shape index (κ3) is 6.74. The van der Waals surface area contributed by atoms with Crippen LogP contribution >= 0.6 is 0 Å². The average Bonchev–Trinajstić information content (AvgIpc) is 2.33. The zero-order valence-corrected chi connectivity index (χ0v) is 13.7. The van der Waals surface area contributed by atoms with E-state index >= 15 is 0 Å². The van der Waals surface area contributed by atoms with Crippen molar-refractivity contribution in [1.29, 1.82) is 0 Å². The van der Waals surface area contributed by atoms with Gasteiger partial charge in [0.2, 0.25) is 0 Å². The second-order valence-corrected chi connectivity index (χ2v) is 6.63. The van der Waals surface area contributed by atoms with Gasteiger partial charge in [-0.25, -0.2) is 9.93 Å². The Bertz CT molecular complexity index is 636. The Hall–Kier alpha value is -1.84. The molecule has 0 atom stereocenters. The standard InChI is InChI=1S/C13H20N2O6S/c1-13(2,3)21-12(16)15-10-5-6-11(19-4)9(7-10)8-20-22(14,17)18/h5-7H,8H2,1-4H3,(H,15,16)(H2,14,17,18). The Labute approximate surface area is 129 Å². The molecule has 3 N–H and O–H groups in total. The summed E-state index contributed by atoms with van der Waals surface area (Å²) in [6.07, 6.45) is -0.629. The lowest BCUT2D eigenvalue weighted by atomic mass is 10.2. The van der Waals surface area contributed by atoms with Crippen molar-refractivity contribution in [3.8, 4) is 5.75 Å². The summed E-state index contributed by atoms with van der Waals surface area (Å²) in [5, 5.41) is 7.32. The lowest BCUT2D eigenvalue weighted by Crippen LogP contribution is -2.27. The summed E-state index contributed by atoms with van der Waals surface area (Å²) in [6, 6.07) is 4.66. The molecule has 0 aromatic heterocycles. The van der Waals surface area contributed by atoms with E-state index in [1.807, 2.05) is 0 Å². The maximum atomic E-state index is 11.7. The van der Waals surface area contributed by atoms with Gasteiger partial charge in [-0.15, -0.1) is 0 Å². The molecule has 0 aliphatic carbocycles. The number of rotatable bonds is 5. The number of carbonyl (C=O) groups is 1. The molecule has 0 spiro atoms. The molecular formula is C13H20N2O6S. The van der Waals surface area contributed by atoms with Gasteiger partial charge in [0, 0.05) is 11.3 Å². The number of nitrogens with one attached hydrogen (secondary N) is 1. The average molecular weight is 332 g/mol. The lowest BCUT2D eigenvalue weighted by molar-refractivity contribution is 0.0636. The van der Waals surface area contributed by atoms with E-state index in [9.17, 15) is 13.2 Å². The van der Waals surface area contributed by atoms with Crippen LogP contribution in [0, 0.1) is 0 Å². The first-order valence-electron chi connectivity index (χ1n) is 6.34. The van der Waals surface area contributed by atoms with Gasteiger partial charge in [-0.3, -0.25) is 9.50 Å². The van der Waals surface area contributed by atoms with Crippen LogP contribution in [0.15, 0.2) is 18.2 Å².